The van der Waals surface area contributed by atoms with Crippen molar-refractivity contribution < 1.29 is 0 Å². The molecule has 0 atom stereocenters. The largest absolute Gasteiger partial charge is 0.752 e. The molecule has 1 aromatic heterocycles. The smallest absolute Gasteiger partial charge is 0.207 e. The molecule has 3 rings (SSSR count). The average Bonchev–Trinajstić information content (AvgIpc) is 2.89. The molecular weight excluding hydrogens is 236 g/mol. The highest BCUT2D eigenvalue weighted by Gasteiger charge is 2.15. The highest BCUT2D eigenvalue weighted by Crippen LogP contribution is 2.35. The number of guanidine groups is 1. The van der Waals surface area contributed by atoms with Crippen molar-refractivity contribution >= 4 is 17.3 Å². The van der Waals surface area contributed by atoms with Crippen molar-refractivity contribution in [1.82, 2.24) is 10.2 Å². The van der Waals surface area contributed by atoms with Gasteiger partial charge < -0.3 is 26.4 Å². The monoisotopic (exact) mass is 244 g/mol. The van der Waals surface area contributed by atoms with Gasteiger partial charge in [-0.3, -0.25) is 5.10 Å². The van der Waals surface area contributed by atoms with E-state index in [0.717, 1.165) is 11.3 Å². The normalized spacial score (nSPS) is 14.4. The molecule has 1 aromatic carbocycles. The number of nitrogens with one attached hydrogen (secondary N) is 1. The molecule has 1 aliphatic heterocycles. The lowest BCUT2D eigenvalue weighted by molar-refractivity contribution is 1.03. The van der Waals surface area contributed by atoms with Crippen molar-refractivity contribution in [2.45, 2.75) is 0 Å². The van der Waals surface area contributed by atoms with Gasteiger partial charge in [0.2, 0.25) is 5.96 Å². The fourth-order valence-corrected chi connectivity index (χ4v) is 1.74. The lowest BCUT2D eigenvalue weighted by atomic mass is 10.1. The molecule has 0 fully saturated rings. The highest BCUT2D eigenvalue weighted by molar-refractivity contribution is 6.02. The van der Waals surface area contributed by atoms with Gasteiger partial charge in [-0.05, 0) is 18.2 Å². The third-order valence-electron chi connectivity index (χ3n) is 2.61. The molecule has 0 spiro atoms. The minimum atomic E-state index is -0.383. The zero-order chi connectivity index (χ0) is 12.7. The van der Waals surface area contributed by atoms with Crippen LogP contribution in [0.2, 0.25) is 0 Å². The van der Waals surface area contributed by atoms with Crippen molar-refractivity contribution in [3.05, 3.63) is 40.9 Å². The number of H-pyrrole nitrogens is 1. The van der Waals surface area contributed by atoms with E-state index >= 15 is 0 Å². The topological polar surface area (TPSA) is 120 Å². The molecule has 2 aromatic rings. The number of anilines is 2. The molecule has 0 amide bonds. The molecule has 92 valence electrons. The standard InChI is InChI=1S/C10H8N6O2/c11-10-14-16(18)9-5-6(7-3-4-12-13-7)1-2-8(9)15(10)17/h1-5H,(H2,11,14)(H,12,13)/q-2. The first-order chi connectivity index (χ1) is 8.66. The van der Waals surface area contributed by atoms with Crippen LogP contribution in [0.25, 0.3) is 11.3 Å². The van der Waals surface area contributed by atoms with Crippen LogP contribution in [0, 0.1) is 10.4 Å². The first-order valence-electron chi connectivity index (χ1n) is 5.09. The van der Waals surface area contributed by atoms with Crippen molar-refractivity contribution in [3.8, 4) is 11.3 Å². The molecule has 0 saturated carbocycles. The third-order valence-corrected chi connectivity index (χ3v) is 2.61. The molecule has 0 radical (unpaired) electrons. The number of hydrogen-bond acceptors (Lipinski definition) is 7. The Balaban J connectivity index is 2.11. The number of nitrogens with two attached hydrogens (primary N) is 1. The lowest BCUT2D eigenvalue weighted by Gasteiger charge is -2.41. The maximum absolute atomic E-state index is 11.6. The Bertz CT molecular complexity index is 609. The molecule has 8 nitrogen and oxygen atoms in total. The van der Waals surface area contributed by atoms with Crippen molar-refractivity contribution in [3.63, 3.8) is 0 Å². The summed E-state index contributed by atoms with van der Waals surface area (Å²) in [6.45, 7) is 0. The van der Waals surface area contributed by atoms with Crippen LogP contribution in [-0.4, -0.2) is 16.2 Å². The number of nitrogens with zero attached hydrogens (tertiary/aromatic N) is 4. The van der Waals surface area contributed by atoms with E-state index in [1.807, 2.05) is 0 Å². The van der Waals surface area contributed by atoms with Crippen molar-refractivity contribution in [2.75, 3.05) is 10.2 Å². The van der Waals surface area contributed by atoms with E-state index in [4.69, 9.17) is 5.73 Å². The van der Waals surface area contributed by atoms with Gasteiger partial charge in [-0.15, -0.1) is 5.10 Å². The molecule has 3 N–H and O–H groups in total. The first-order valence-corrected chi connectivity index (χ1v) is 5.09. The van der Waals surface area contributed by atoms with Crippen LogP contribution in [0.15, 0.2) is 35.6 Å². The zero-order valence-electron chi connectivity index (χ0n) is 9.07. The Morgan fingerprint density at radius 3 is 2.72 bits per heavy atom. The van der Waals surface area contributed by atoms with Gasteiger partial charge in [0.1, 0.15) is 0 Å². The molecule has 0 unspecified atom stereocenters. The summed E-state index contributed by atoms with van der Waals surface area (Å²) in [4.78, 5) is 0. The van der Waals surface area contributed by atoms with E-state index in [2.05, 4.69) is 15.3 Å². The number of fused-ring (bicyclic) bond motifs is 1. The Morgan fingerprint density at radius 2 is 2.00 bits per heavy atom. The quantitative estimate of drug-likeness (QED) is 0.769. The maximum atomic E-state index is 11.6. The second kappa shape index (κ2) is 3.72. The maximum Gasteiger partial charge on any atom is 0.207 e. The second-order valence-electron chi connectivity index (χ2n) is 3.70. The Hall–Kier alpha value is -2.58. The number of aromatic amines is 1. The summed E-state index contributed by atoms with van der Waals surface area (Å²) in [6, 6.07) is 6.53. The molecule has 0 aliphatic carbocycles. The van der Waals surface area contributed by atoms with E-state index in [0.29, 0.717) is 10.2 Å². The van der Waals surface area contributed by atoms with Gasteiger partial charge in [-0.1, -0.05) is 6.07 Å². The molecule has 0 saturated heterocycles. The van der Waals surface area contributed by atoms with Crippen LogP contribution in [0.3, 0.4) is 0 Å². The number of hydrazone groups is 1. The van der Waals surface area contributed by atoms with Gasteiger partial charge in [0.25, 0.3) is 0 Å². The summed E-state index contributed by atoms with van der Waals surface area (Å²) in [5, 5.41) is 34.0. The Labute approximate surface area is 101 Å². The molecule has 1 aliphatic rings. The summed E-state index contributed by atoms with van der Waals surface area (Å²) in [5.41, 5.74) is 7.11. The van der Waals surface area contributed by atoms with Crippen LogP contribution in [0.5, 0.6) is 0 Å². The molecule has 18 heavy (non-hydrogen) atoms. The van der Waals surface area contributed by atoms with E-state index in [1.165, 1.54) is 6.07 Å². The molecule has 2 heterocycles. The van der Waals surface area contributed by atoms with Crippen LogP contribution in [0.4, 0.5) is 11.4 Å². The zero-order valence-corrected chi connectivity index (χ0v) is 9.07. The number of rotatable bonds is 1. The fraction of sp³-hybridized carbons (Fsp3) is 0. The average molecular weight is 244 g/mol. The minimum absolute atomic E-state index is 0.145. The Morgan fingerprint density at radius 1 is 1.17 bits per heavy atom. The molecule has 8 heteroatoms. The first kappa shape index (κ1) is 10.6. The predicted molar refractivity (Wildman–Crippen MR) is 67.3 cm³/mol. The van der Waals surface area contributed by atoms with Crippen LogP contribution >= 0.6 is 0 Å². The van der Waals surface area contributed by atoms with Gasteiger partial charge in [0, 0.05) is 11.8 Å². The van der Waals surface area contributed by atoms with E-state index in [9.17, 15) is 10.4 Å². The number of aromatic nitrogens is 2. The number of hydroxylamine groups is 1. The van der Waals surface area contributed by atoms with Crippen LogP contribution in [0.1, 0.15) is 0 Å². The van der Waals surface area contributed by atoms with Gasteiger partial charge >= 0.3 is 0 Å². The van der Waals surface area contributed by atoms with Gasteiger partial charge in [-0.25, -0.2) is 0 Å². The molecule has 0 bridgehead atoms. The molecular formula is C10H8N6O2-2. The second-order valence-corrected chi connectivity index (χ2v) is 3.70. The Kier molecular flexibility index (Phi) is 2.18. The minimum Gasteiger partial charge on any atom is -0.752 e. The number of benzene rings is 1. The number of hydrogen-bond donors (Lipinski definition) is 2. The fourth-order valence-electron chi connectivity index (χ4n) is 1.74. The van der Waals surface area contributed by atoms with Crippen LogP contribution < -0.4 is 16.0 Å². The predicted octanol–water partition coefficient (Wildman–Crippen LogP) is 0.928. The van der Waals surface area contributed by atoms with Gasteiger partial charge in [0.15, 0.2) is 0 Å². The van der Waals surface area contributed by atoms with Gasteiger partial charge in [-0.2, -0.15) is 5.10 Å². The van der Waals surface area contributed by atoms with Crippen LogP contribution in [-0.2, 0) is 0 Å². The van der Waals surface area contributed by atoms with E-state index in [1.54, 1.807) is 24.4 Å². The summed E-state index contributed by atoms with van der Waals surface area (Å²) in [5.74, 6) is -0.383. The summed E-state index contributed by atoms with van der Waals surface area (Å²) in [7, 11) is 0. The summed E-state index contributed by atoms with van der Waals surface area (Å²) < 4.78 is 0. The third kappa shape index (κ3) is 1.48. The summed E-state index contributed by atoms with van der Waals surface area (Å²) >= 11 is 0. The van der Waals surface area contributed by atoms with E-state index in [-0.39, 0.29) is 17.3 Å². The summed E-state index contributed by atoms with van der Waals surface area (Å²) in [6.07, 6.45) is 1.60. The van der Waals surface area contributed by atoms with Crippen molar-refractivity contribution in [1.29, 1.82) is 0 Å². The SMILES string of the molecule is NC1=NN([O-])c2cc(-c3ccn[nH]3)ccc2N1[O-]. The van der Waals surface area contributed by atoms with Crippen molar-refractivity contribution in [2.24, 2.45) is 10.8 Å². The van der Waals surface area contributed by atoms with Gasteiger partial charge in [0.05, 0.1) is 17.1 Å². The lowest BCUT2D eigenvalue weighted by Crippen LogP contribution is -2.38. The highest BCUT2D eigenvalue weighted by atomic mass is 16.5. The van der Waals surface area contributed by atoms with E-state index < -0.39 is 0 Å².